The van der Waals surface area contributed by atoms with Crippen LogP contribution in [0.25, 0.3) is 0 Å². The number of aliphatic hydroxyl groups is 1. The van der Waals surface area contributed by atoms with E-state index in [2.05, 4.69) is 4.98 Å². The van der Waals surface area contributed by atoms with Gasteiger partial charge in [0.25, 0.3) is 5.56 Å². The molecule has 17 heavy (non-hydrogen) atoms. The Kier molecular flexibility index (Phi) is 3.47. The fourth-order valence-electron chi connectivity index (χ4n) is 2.23. The second kappa shape index (κ2) is 4.87. The number of aryl methyl sites for hydroxylation is 1. The minimum absolute atomic E-state index is 0.0430. The Hall–Kier alpha value is -1.36. The minimum Gasteiger partial charge on any atom is -0.393 e. The molecule has 1 aliphatic rings. The topological polar surface area (TPSA) is 58.4 Å². The molecule has 1 aliphatic heterocycles. The maximum Gasteiger partial charge on any atom is 0.293 e. The zero-order valence-electron chi connectivity index (χ0n) is 10.3. The Bertz CT molecular complexity index is 444. The van der Waals surface area contributed by atoms with Crippen LogP contribution in [0.2, 0.25) is 0 Å². The molecule has 2 rings (SSSR count). The third-order valence-corrected chi connectivity index (χ3v) is 3.40. The van der Waals surface area contributed by atoms with Gasteiger partial charge in [-0.3, -0.25) is 4.79 Å². The lowest BCUT2D eigenvalue weighted by Gasteiger charge is -2.34. The summed E-state index contributed by atoms with van der Waals surface area (Å²) in [5, 5.41) is 9.68. The predicted octanol–water partition coefficient (Wildman–Crippen LogP) is 0.470. The second-order valence-electron chi connectivity index (χ2n) is 4.62. The highest BCUT2D eigenvalue weighted by Crippen LogP contribution is 2.19. The summed E-state index contributed by atoms with van der Waals surface area (Å²) in [6.07, 6.45) is 3.80. The molecule has 1 saturated heterocycles. The van der Waals surface area contributed by atoms with Crippen molar-refractivity contribution in [3.05, 3.63) is 22.7 Å². The lowest BCUT2D eigenvalue weighted by atomic mass is 9.97. The van der Waals surface area contributed by atoms with Crippen molar-refractivity contribution in [3.8, 4) is 0 Å². The van der Waals surface area contributed by atoms with Gasteiger partial charge in [-0.25, -0.2) is 4.98 Å². The molecule has 2 atom stereocenters. The van der Waals surface area contributed by atoms with Crippen LogP contribution in [0.4, 0.5) is 5.82 Å². The van der Waals surface area contributed by atoms with Crippen LogP contribution in [0.3, 0.4) is 0 Å². The van der Waals surface area contributed by atoms with Crippen LogP contribution >= 0.6 is 0 Å². The van der Waals surface area contributed by atoms with Gasteiger partial charge in [0.1, 0.15) is 0 Å². The number of hydrogen-bond donors (Lipinski definition) is 1. The normalized spacial score (nSPS) is 25.0. The van der Waals surface area contributed by atoms with Gasteiger partial charge < -0.3 is 14.6 Å². The van der Waals surface area contributed by atoms with Gasteiger partial charge in [-0.2, -0.15) is 0 Å². The predicted molar refractivity (Wildman–Crippen MR) is 66.2 cm³/mol. The number of piperidine rings is 1. The van der Waals surface area contributed by atoms with Gasteiger partial charge in [0.15, 0.2) is 5.82 Å². The van der Waals surface area contributed by atoms with Gasteiger partial charge in [0.2, 0.25) is 0 Å². The standard InChI is InChI=1S/C12H19N3O2/c1-3-14-7-5-13-11(12(14)17)15-6-4-10(16)9(2)8-15/h5,7,9-10,16H,3-4,6,8H2,1-2H3. The van der Waals surface area contributed by atoms with Crippen molar-refractivity contribution in [1.82, 2.24) is 9.55 Å². The van der Waals surface area contributed by atoms with Gasteiger partial charge in [0, 0.05) is 32.0 Å². The molecular weight excluding hydrogens is 218 g/mol. The Morgan fingerprint density at radius 3 is 3.00 bits per heavy atom. The molecule has 5 heteroatoms. The Morgan fingerprint density at radius 2 is 2.35 bits per heavy atom. The number of nitrogens with zero attached hydrogens (tertiary/aromatic N) is 3. The number of anilines is 1. The van der Waals surface area contributed by atoms with Gasteiger partial charge in [-0.1, -0.05) is 6.92 Å². The van der Waals surface area contributed by atoms with E-state index in [0.717, 1.165) is 0 Å². The third-order valence-electron chi connectivity index (χ3n) is 3.40. The van der Waals surface area contributed by atoms with Crippen LogP contribution in [-0.2, 0) is 6.54 Å². The van der Waals surface area contributed by atoms with Crippen molar-refractivity contribution in [2.75, 3.05) is 18.0 Å². The van der Waals surface area contributed by atoms with Crippen LogP contribution < -0.4 is 10.5 Å². The molecule has 5 nitrogen and oxygen atoms in total. The number of aliphatic hydroxyl groups excluding tert-OH is 1. The minimum atomic E-state index is -0.261. The van der Waals surface area contributed by atoms with Crippen molar-refractivity contribution < 1.29 is 5.11 Å². The second-order valence-corrected chi connectivity index (χ2v) is 4.62. The Morgan fingerprint density at radius 1 is 1.59 bits per heavy atom. The number of aromatic nitrogens is 2. The highest BCUT2D eigenvalue weighted by atomic mass is 16.3. The van der Waals surface area contributed by atoms with E-state index in [4.69, 9.17) is 0 Å². The average molecular weight is 237 g/mol. The highest BCUT2D eigenvalue weighted by molar-refractivity contribution is 5.36. The van der Waals surface area contributed by atoms with E-state index in [1.54, 1.807) is 17.0 Å². The SMILES string of the molecule is CCn1ccnc(N2CCC(O)C(C)C2)c1=O. The molecule has 0 saturated carbocycles. The van der Waals surface area contributed by atoms with Gasteiger partial charge >= 0.3 is 0 Å². The molecule has 0 bridgehead atoms. The third kappa shape index (κ3) is 2.34. The fraction of sp³-hybridized carbons (Fsp3) is 0.667. The van der Waals surface area contributed by atoms with Crippen molar-refractivity contribution in [2.45, 2.75) is 32.9 Å². The van der Waals surface area contributed by atoms with Crippen LogP contribution in [0.1, 0.15) is 20.3 Å². The molecule has 0 radical (unpaired) electrons. The van der Waals surface area contributed by atoms with E-state index >= 15 is 0 Å². The molecule has 1 fully saturated rings. The van der Waals surface area contributed by atoms with Crippen molar-refractivity contribution in [3.63, 3.8) is 0 Å². The van der Waals surface area contributed by atoms with Crippen molar-refractivity contribution in [2.24, 2.45) is 5.92 Å². The van der Waals surface area contributed by atoms with Crippen LogP contribution in [-0.4, -0.2) is 33.9 Å². The van der Waals surface area contributed by atoms with Gasteiger partial charge in [0.05, 0.1) is 6.10 Å². The van der Waals surface area contributed by atoms with E-state index in [-0.39, 0.29) is 17.6 Å². The van der Waals surface area contributed by atoms with Crippen LogP contribution in [0.15, 0.2) is 17.2 Å². The Labute approximate surface area is 101 Å². The number of hydrogen-bond acceptors (Lipinski definition) is 4. The monoisotopic (exact) mass is 237 g/mol. The molecule has 1 aromatic rings. The van der Waals surface area contributed by atoms with Crippen molar-refractivity contribution in [1.29, 1.82) is 0 Å². The summed E-state index contributed by atoms with van der Waals surface area (Å²) < 4.78 is 1.65. The number of rotatable bonds is 2. The first-order valence-corrected chi connectivity index (χ1v) is 6.12. The maximum absolute atomic E-state index is 12.1. The van der Waals surface area contributed by atoms with E-state index in [0.29, 0.717) is 31.9 Å². The molecule has 0 spiro atoms. The van der Waals surface area contributed by atoms with Crippen molar-refractivity contribution >= 4 is 5.82 Å². The summed E-state index contributed by atoms with van der Waals surface area (Å²) >= 11 is 0. The Balaban J connectivity index is 2.26. The highest BCUT2D eigenvalue weighted by Gasteiger charge is 2.26. The summed E-state index contributed by atoms with van der Waals surface area (Å²) in [5.41, 5.74) is -0.0430. The smallest absolute Gasteiger partial charge is 0.293 e. The first kappa shape index (κ1) is 12.1. The van der Waals surface area contributed by atoms with Gasteiger partial charge in [-0.15, -0.1) is 0 Å². The lowest BCUT2D eigenvalue weighted by molar-refractivity contribution is 0.0968. The quantitative estimate of drug-likeness (QED) is 0.812. The molecule has 2 unspecified atom stereocenters. The largest absolute Gasteiger partial charge is 0.393 e. The van der Waals surface area contributed by atoms with E-state index < -0.39 is 0 Å². The first-order chi connectivity index (χ1) is 8.13. The molecule has 0 aromatic carbocycles. The summed E-state index contributed by atoms with van der Waals surface area (Å²) in [6, 6.07) is 0. The van der Waals surface area contributed by atoms with Crippen LogP contribution in [0, 0.1) is 5.92 Å². The molecule has 2 heterocycles. The summed E-state index contributed by atoms with van der Waals surface area (Å²) in [6.45, 7) is 5.98. The summed E-state index contributed by atoms with van der Waals surface area (Å²) in [7, 11) is 0. The van der Waals surface area contributed by atoms with E-state index in [1.807, 2.05) is 18.7 Å². The first-order valence-electron chi connectivity index (χ1n) is 6.12. The molecule has 94 valence electrons. The molecular formula is C12H19N3O2. The summed E-state index contributed by atoms with van der Waals surface area (Å²) in [5.74, 6) is 0.688. The van der Waals surface area contributed by atoms with Gasteiger partial charge in [-0.05, 0) is 19.3 Å². The molecule has 0 aliphatic carbocycles. The molecule has 1 aromatic heterocycles. The molecule has 0 amide bonds. The van der Waals surface area contributed by atoms with E-state index in [1.165, 1.54) is 0 Å². The fourth-order valence-corrected chi connectivity index (χ4v) is 2.23. The maximum atomic E-state index is 12.1. The summed E-state index contributed by atoms with van der Waals surface area (Å²) in [4.78, 5) is 18.2. The van der Waals surface area contributed by atoms with Crippen LogP contribution in [0.5, 0.6) is 0 Å². The lowest BCUT2D eigenvalue weighted by Crippen LogP contribution is -2.45. The zero-order valence-corrected chi connectivity index (χ0v) is 10.3. The molecule has 1 N–H and O–H groups in total. The average Bonchev–Trinajstić information content (AvgIpc) is 2.33. The van der Waals surface area contributed by atoms with E-state index in [9.17, 15) is 9.90 Å². The zero-order chi connectivity index (χ0) is 12.4.